The van der Waals surface area contributed by atoms with E-state index in [1.54, 1.807) is 14.0 Å². The number of amides is 3. The molecule has 0 unspecified atom stereocenters. The van der Waals surface area contributed by atoms with Crippen molar-refractivity contribution in [3.8, 4) is 0 Å². The van der Waals surface area contributed by atoms with Crippen molar-refractivity contribution in [3.63, 3.8) is 0 Å². The number of rotatable bonds is 6. The van der Waals surface area contributed by atoms with Gasteiger partial charge in [0, 0.05) is 25.7 Å². The van der Waals surface area contributed by atoms with Gasteiger partial charge in [-0.3, -0.25) is 19.1 Å². The van der Waals surface area contributed by atoms with Gasteiger partial charge in [0.05, 0.1) is 6.54 Å². The quantitative estimate of drug-likeness (QED) is 0.641. The average Bonchev–Trinajstić information content (AvgIpc) is 3.09. The molecule has 0 radical (unpaired) electrons. The lowest BCUT2D eigenvalue weighted by Crippen LogP contribution is -2.63. The van der Waals surface area contributed by atoms with Gasteiger partial charge in [-0.1, -0.05) is 56.9 Å². The van der Waals surface area contributed by atoms with E-state index >= 15 is 0 Å². The van der Waals surface area contributed by atoms with E-state index in [2.05, 4.69) is 22.7 Å². The highest BCUT2D eigenvalue weighted by atomic mass is 16.2. The van der Waals surface area contributed by atoms with Gasteiger partial charge < -0.3 is 15.5 Å². The van der Waals surface area contributed by atoms with Gasteiger partial charge in [0.1, 0.15) is 11.2 Å². The highest BCUT2D eigenvalue weighted by molar-refractivity contribution is 6.01. The first-order valence-electron chi connectivity index (χ1n) is 12.3. The zero-order chi connectivity index (χ0) is 24.3. The summed E-state index contributed by atoms with van der Waals surface area (Å²) in [6, 6.07) is 9.74. The van der Waals surface area contributed by atoms with Crippen LogP contribution >= 0.6 is 0 Å². The van der Waals surface area contributed by atoms with Crippen LogP contribution in [0.15, 0.2) is 30.3 Å². The number of hydrogen-bond acceptors (Lipinski definition) is 4. The van der Waals surface area contributed by atoms with Gasteiger partial charge in [0.15, 0.2) is 5.69 Å². The fourth-order valence-corrected chi connectivity index (χ4v) is 4.77. The predicted molar refractivity (Wildman–Crippen MR) is 129 cm³/mol. The second-order valence-electron chi connectivity index (χ2n) is 9.73. The predicted octanol–water partition coefficient (Wildman–Crippen LogP) is 3.06. The molecule has 0 bridgehead atoms. The molecule has 3 amide bonds. The minimum atomic E-state index is -1.07. The lowest BCUT2D eigenvalue weighted by molar-refractivity contribution is -0.133. The van der Waals surface area contributed by atoms with Gasteiger partial charge in [-0.05, 0) is 37.3 Å². The van der Waals surface area contributed by atoms with Crippen LogP contribution in [0.1, 0.15) is 84.5 Å². The normalized spacial score (nSPS) is 21.0. The number of aromatic nitrogens is 2. The van der Waals surface area contributed by atoms with Crippen LogP contribution in [0, 0.1) is 0 Å². The Labute approximate surface area is 201 Å². The Kier molecular flexibility index (Phi) is 7.05. The summed E-state index contributed by atoms with van der Waals surface area (Å²) in [6.07, 6.45) is 7.53. The summed E-state index contributed by atoms with van der Waals surface area (Å²) in [4.78, 5) is 40.6. The highest BCUT2D eigenvalue weighted by Crippen LogP contribution is 2.27. The molecule has 1 saturated carbocycles. The number of nitrogens with zero attached hydrogens (tertiary/aromatic N) is 3. The summed E-state index contributed by atoms with van der Waals surface area (Å²) in [5, 5.41) is 10.4. The molecule has 1 aromatic heterocycles. The van der Waals surface area contributed by atoms with E-state index in [0.717, 1.165) is 37.7 Å². The van der Waals surface area contributed by atoms with Crippen molar-refractivity contribution in [2.24, 2.45) is 0 Å². The van der Waals surface area contributed by atoms with Crippen molar-refractivity contribution < 1.29 is 14.4 Å². The van der Waals surface area contributed by atoms with E-state index in [4.69, 9.17) is 0 Å². The molecule has 182 valence electrons. The van der Waals surface area contributed by atoms with Gasteiger partial charge in [0.25, 0.3) is 11.8 Å². The molecule has 8 nitrogen and oxygen atoms in total. The zero-order valence-corrected chi connectivity index (χ0v) is 20.4. The van der Waals surface area contributed by atoms with E-state index in [0.29, 0.717) is 12.2 Å². The number of fused-ring (bicyclic) bond motifs is 1. The number of benzene rings is 1. The maximum absolute atomic E-state index is 13.3. The third-order valence-electron chi connectivity index (χ3n) is 7.30. The minimum absolute atomic E-state index is 0.141. The summed E-state index contributed by atoms with van der Waals surface area (Å²) >= 11 is 0. The molecule has 1 fully saturated rings. The van der Waals surface area contributed by atoms with Crippen molar-refractivity contribution in [2.75, 3.05) is 7.05 Å². The third kappa shape index (κ3) is 4.86. The van der Waals surface area contributed by atoms with Crippen LogP contribution in [-0.2, 0) is 24.3 Å². The molecule has 1 aromatic carbocycles. The van der Waals surface area contributed by atoms with E-state index < -0.39 is 5.54 Å². The van der Waals surface area contributed by atoms with Crippen LogP contribution in [0.4, 0.5) is 0 Å². The first kappa shape index (κ1) is 24.0. The van der Waals surface area contributed by atoms with Crippen molar-refractivity contribution in [1.82, 2.24) is 25.3 Å². The Morgan fingerprint density at radius 3 is 2.38 bits per heavy atom. The first-order chi connectivity index (χ1) is 16.3. The summed E-state index contributed by atoms with van der Waals surface area (Å²) in [5.41, 5.74) is 1.66. The second-order valence-corrected chi connectivity index (χ2v) is 9.73. The smallest absolute Gasteiger partial charge is 0.272 e. The van der Waals surface area contributed by atoms with Crippen molar-refractivity contribution in [2.45, 2.75) is 83.5 Å². The Morgan fingerprint density at radius 1 is 1.09 bits per heavy atom. The Bertz CT molecular complexity index is 1050. The van der Waals surface area contributed by atoms with E-state index in [1.807, 2.05) is 24.3 Å². The maximum Gasteiger partial charge on any atom is 0.272 e. The van der Waals surface area contributed by atoms with Crippen LogP contribution in [0.25, 0.3) is 0 Å². The number of carbonyl (C=O) groups excluding carboxylic acids is 3. The largest absolute Gasteiger partial charge is 0.351 e. The van der Waals surface area contributed by atoms with Crippen molar-refractivity contribution in [3.05, 3.63) is 52.8 Å². The molecular formula is C26H35N5O3. The number of nitrogens with one attached hydrogen (secondary N) is 2. The third-order valence-corrected chi connectivity index (χ3v) is 7.30. The summed E-state index contributed by atoms with van der Waals surface area (Å²) in [5.74, 6) is -0.828. The highest BCUT2D eigenvalue weighted by Gasteiger charge is 2.46. The molecule has 0 spiro atoms. The molecule has 8 heteroatoms. The van der Waals surface area contributed by atoms with E-state index in [1.165, 1.54) is 34.1 Å². The average molecular weight is 466 g/mol. The van der Waals surface area contributed by atoms with Crippen LogP contribution < -0.4 is 10.6 Å². The summed E-state index contributed by atoms with van der Waals surface area (Å²) < 4.78 is 1.50. The van der Waals surface area contributed by atoms with Crippen molar-refractivity contribution >= 4 is 17.7 Å². The van der Waals surface area contributed by atoms with Crippen LogP contribution in [0.3, 0.4) is 0 Å². The fourth-order valence-electron chi connectivity index (χ4n) is 4.77. The standard InChI is InChI=1S/C26H35N5O3/c1-4-18-11-13-19(14-12-18)16-27-23(32)21-15-22-24(33)30(3)26(2,17-31(22)29-21)25(34)28-20-9-7-5-6-8-10-20/h11-15,20H,4-10,16-17H2,1-3H3,(H,27,32)(H,28,34)/t26-/m0/s1. The molecule has 2 N–H and O–H groups in total. The molecule has 0 saturated heterocycles. The van der Waals surface area contributed by atoms with Gasteiger partial charge >= 0.3 is 0 Å². The Balaban J connectivity index is 1.45. The molecule has 2 heterocycles. The molecule has 1 aliphatic heterocycles. The topological polar surface area (TPSA) is 96.3 Å². The molecule has 1 aliphatic carbocycles. The van der Waals surface area contributed by atoms with Gasteiger partial charge in [-0.25, -0.2) is 0 Å². The SMILES string of the molecule is CCc1ccc(CNC(=O)c2cc3n(n2)C[C@@](C)(C(=O)NC2CCCCCC2)N(C)C3=O)cc1. The maximum atomic E-state index is 13.3. The van der Waals surface area contributed by atoms with Crippen LogP contribution in [0.5, 0.6) is 0 Å². The molecule has 4 rings (SSSR count). The Hall–Kier alpha value is -3.16. The first-order valence-corrected chi connectivity index (χ1v) is 12.3. The van der Waals surface area contributed by atoms with Gasteiger partial charge in [0.2, 0.25) is 5.91 Å². The van der Waals surface area contributed by atoms with E-state index in [-0.39, 0.29) is 36.0 Å². The zero-order valence-electron chi connectivity index (χ0n) is 20.4. The van der Waals surface area contributed by atoms with Crippen molar-refractivity contribution in [1.29, 1.82) is 0 Å². The number of likely N-dealkylation sites (N-methyl/N-ethyl adjacent to an activating group) is 1. The van der Waals surface area contributed by atoms with Gasteiger partial charge in [-0.15, -0.1) is 0 Å². The fraction of sp³-hybridized carbons (Fsp3) is 0.538. The lowest BCUT2D eigenvalue weighted by atomic mass is 9.95. The number of hydrogen-bond donors (Lipinski definition) is 2. The monoisotopic (exact) mass is 465 g/mol. The molecule has 34 heavy (non-hydrogen) atoms. The second kappa shape index (κ2) is 9.99. The number of aryl methyl sites for hydroxylation is 1. The summed E-state index contributed by atoms with van der Waals surface area (Å²) in [7, 11) is 1.64. The molecule has 1 atom stereocenters. The summed E-state index contributed by atoms with van der Waals surface area (Å²) in [6.45, 7) is 4.44. The molecule has 2 aliphatic rings. The van der Waals surface area contributed by atoms with Crippen LogP contribution in [-0.4, -0.2) is 51.0 Å². The Morgan fingerprint density at radius 2 is 1.74 bits per heavy atom. The lowest BCUT2D eigenvalue weighted by Gasteiger charge is -2.41. The van der Waals surface area contributed by atoms with Crippen LogP contribution in [0.2, 0.25) is 0 Å². The van der Waals surface area contributed by atoms with Gasteiger partial charge in [-0.2, -0.15) is 5.10 Å². The molecule has 2 aromatic rings. The minimum Gasteiger partial charge on any atom is -0.351 e. The number of carbonyl (C=O) groups is 3. The molecular weight excluding hydrogens is 430 g/mol. The van der Waals surface area contributed by atoms with E-state index in [9.17, 15) is 14.4 Å².